The highest BCUT2D eigenvalue weighted by atomic mass is 16.4. The summed E-state index contributed by atoms with van der Waals surface area (Å²) in [6, 6.07) is 3.68. The van der Waals surface area contributed by atoms with E-state index >= 15 is 0 Å². The summed E-state index contributed by atoms with van der Waals surface area (Å²) in [7, 11) is 0. The van der Waals surface area contributed by atoms with Crippen LogP contribution in [0.3, 0.4) is 0 Å². The van der Waals surface area contributed by atoms with E-state index in [1.54, 1.807) is 13.1 Å². The quantitative estimate of drug-likeness (QED) is 0.308. The molecule has 96 valence electrons. The largest absolute Gasteiger partial charge is 0.481 e. The summed E-state index contributed by atoms with van der Waals surface area (Å²) < 4.78 is 1.85. The molecule has 5 N–H and O–H groups in total. The van der Waals surface area contributed by atoms with Gasteiger partial charge in [-0.25, -0.2) is 4.98 Å². The maximum absolute atomic E-state index is 9.37. The summed E-state index contributed by atoms with van der Waals surface area (Å²) in [6.07, 6.45) is 5.60. The van der Waals surface area contributed by atoms with Crippen LogP contribution >= 0.6 is 0 Å². The average Bonchev–Trinajstić information content (AvgIpc) is 2.85. The summed E-state index contributed by atoms with van der Waals surface area (Å²) in [5.41, 5.74) is 7.20. The Hall–Kier alpha value is -2.57. The first-order valence-corrected chi connectivity index (χ1v) is 5.26. The lowest BCUT2D eigenvalue weighted by Gasteiger charge is -1.99. The molecule has 0 saturated carbocycles. The number of amidine groups is 1. The second-order valence-corrected chi connectivity index (χ2v) is 3.37. The van der Waals surface area contributed by atoms with E-state index < -0.39 is 5.97 Å². The van der Waals surface area contributed by atoms with Gasteiger partial charge in [-0.3, -0.25) is 4.79 Å². The first kappa shape index (κ1) is 13.5. The lowest BCUT2D eigenvalue weighted by atomic mass is 10.2. The Morgan fingerprint density at radius 1 is 1.56 bits per heavy atom. The zero-order chi connectivity index (χ0) is 13.5. The third kappa shape index (κ3) is 3.48. The van der Waals surface area contributed by atoms with Crippen molar-refractivity contribution in [3.8, 4) is 0 Å². The molecule has 0 unspecified atom stereocenters. The van der Waals surface area contributed by atoms with Crippen LogP contribution < -0.4 is 11.6 Å². The number of aliphatic carboxylic acids is 1. The van der Waals surface area contributed by atoms with Gasteiger partial charge in [-0.2, -0.15) is 5.10 Å². The predicted octanol–water partition coefficient (Wildman–Crippen LogP) is 0.394. The summed E-state index contributed by atoms with van der Waals surface area (Å²) in [4.78, 5) is 13.5. The molecule has 0 amide bonds. The fourth-order valence-corrected chi connectivity index (χ4v) is 1.15. The Kier molecular flexibility index (Phi) is 4.67. The second-order valence-electron chi connectivity index (χ2n) is 3.37. The van der Waals surface area contributed by atoms with Crippen molar-refractivity contribution in [1.82, 2.24) is 9.38 Å². The number of hydrogen-bond donors (Lipinski definition) is 3. The zero-order valence-corrected chi connectivity index (χ0v) is 9.95. The lowest BCUT2D eigenvalue weighted by molar-refractivity contribution is -0.136. The number of aromatic nitrogens is 2. The molecule has 7 nitrogen and oxygen atoms in total. The molecule has 2 rings (SSSR count). The van der Waals surface area contributed by atoms with E-state index in [0.717, 1.165) is 11.2 Å². The van der Waals surface area contributed by atoms with Crippen LogP contribution in [0, 0.1) is 0 Å². The average molecular weight is 249 g/mol. The minimum absolute atomic E-state index is 0.222. The molecule has 0 aliphatic carbocycles. The first-order valence-electron chi connectivity index (χ1n) is 5.26. The molecular formula is C11H15N5O2. The van der Waals surface area contributed by atoms with E-state index in [1.807, 2.05) is 28.9 Å². The Bertz CT molecular complexity index is 561. The summed E-state index contributed by atoms with van der Waals surface area (Å²) >= 11 is 0. The Balaban J connectivity index is 0.000000280. The van der Waals surface area contributed by atoms with E-state index in [4.69, 9.17) is 16.7 Å². The van der Waals surface area contributed by atoms with Crippen LogP contribution in [0.15, 0.2) is 35.8 Å². The van der Waals surface area contributed by atoms with Gasteiger partial charge >= 0.3 is 5.97 Å². The smallest absolute Gasteiger partial charge is 0.303 e. The minimum Gasteiger partial charge on any atom is -0.481 e. The SMILES string of the molecule is CCC(=O)O.NN=C(N)c1ccc2nccn2c1. The van der Waals surface area contributed by atoms with Crippen LogP contribution in [0.1, 0.15) is 18.9 Å². The van der Waals surface area contributed by atoms with Crippen molar-refractivity contribution in [2.45, 2.75) is 13.3 Å². The fraction of sp³-hybridized carbons (Fsp3) is 0.182. The second kappa shape index (κ2) is 6.24. The predicted molar refractivity (Wildman–Crippen MR) is 68.0 cm³/mol. The van der Waals surface area contributed by atoms with Crippen molar-refractivity contribution in [1.29, 1.82) is 0 Å². The van der Waals surface area contributed by atoms with Gasteiger partial charge in [-0.1, -0.05) is 6.92 Å². The third-order valence-electron chi connectivity index (χ3n) is 2.13. The molecule has 2 aromatic rings. The number of imidazole rings is 1. The fourth-order valence-electron chi connectivity index (χ4n) is 1.15. The number of fused-ring (bicyclic) bond motifs is 1. The molecular weight excluding hydrogens is 234 g/mol. The molecule has 0 atom stereocenters. The molecule has 18 heavy (non-hydrogen) atoms. The summed E-state index contributed by atoms with van der Waals surface area (Å²) in [5, 5.41) is 11.1. The van der Waals surface area contributed by atoms with Gasteiger partial charge in [0.05, 0.1) is 0 Å². The molecule has 2 aromatic heterocycles. The van der Waals surface area contributed by atoms with Gasteiger partial charge in [0.25, 0.3) is 0 Å². The van der Waals surface area contributed by atoms with Gasteiger partial charge in [-0.15, -0.1) is 0 Å². The number of carboxylic acid groups (broad SMARTS) is 1. The van der Waals surface area contributed by atoms with Crippen LogP contribution in [0.25, 0.3) is 5.65 Å². The monoisotopic (exact) mass is 249 g/mol. The van der Waals surface area contributed by atoms with Crippen LogP contribution in [-0.4, -0.2) is 26.3 Å². The molecule has 0 aromatic carbocycles. The van der Waals surface area contributed by atoms with Crippen molar-refractivity contribution in [3.63, 3.8) is 0 Å². The molecule has 0 aliphatic rings. The molecule has 0 bridgehead atoms. The van der Waals surface area contributed by atoms with Crippen LogP contribution in [0.2, 0.25) is 0 Å². The van der Waals surface area contributed by atoms with Crippen molar-refractivity contribution in [2.24, 2.45) is 16.7 Å². The number of pyridine rings is 1. The minimum atomic E-state index is -0.745. The van der Waals surface area contributed by atoms with Crippen LogP contribution in [-0.2, 0) is 4.79 Å². The Labute approximate surface area is 104 Å². The molecule has 0 saturated heterocycles. The third-order valence-corrected chi connectivity index (χ3v) is 2.13. The van der Waals surface area contributed by atoms with Gasteiger partial charge in [0.2, 0.25) is 0 Å². The number of nitrogens with two attached hydrogens (primary N) is 2. The first-order chi connectivity index (χ1) is 8.58. The maximum Gasteiger partial charge on any atom is 0.303 e. The van der Waals surface area contributed by atoms with Crippen molar-refractivity contribution in [2.75, 3.05) is 0 Å². The van der Waals surface area contributed by atoms with Crippen LogP contribution in [0.5, 0.6) is 0 Å². The summed E-state index contributed by atoms with van der Waals surface area (Å²) in [5.74, 6) is 4.63. The molecule has 0 aliphatic heterocycles. The van der Waals surface area contributed by atoms with Crippen molar-refractivity contribution < 1.29 is 9.90 Å². The number of nitrogens with zero attached hydrogens (tertiary/aromatic N) is 3. The number of rotatable bonds is 2. The number of hydrogen-bond acceptors (Lipinski definition) is 4. The molecule has 2 heterocycles. The van der Waals surface area contributed by atoms with Gasteiger partial charge in [0.15, 0.2) is 5.84 Å². The molecule has 0 radical (unpaired) electrons. The van der Waals surface area contributed by atoms with E-state index in [-0.39, 0.29) is 6.42 Å². The van der Waals surface area contributed by atoms with Crippen LogP contribution in [0.4, 0.5) is 0 Å². The standard InChI is InChI=1S/C8H9N5.C3H6O2/c9-8(12-10)6-1-2-7-11-3-4-13(7)5-6;1-2-3(4)5/h1-5H,10H2,(H2,9,12);2H2,1H3,(H,4,5). The Morgan fingerprint density at radius 3 is 2.78 bits per heavy atom. The van der Waals surface area contributed by atoms with Gasteiger partial charge in [-0.05, 0) is 12.1 Å². The number of carboxylic acids is 1. The highest BCUT2D eigenvalue weighted by Gasteiger charge is 1.99. The van der Waals surface area contributed by atoms with Gasteiger partial charge < -0.3 is 21.1 Å². The molecule has 0 spiro atoms. The zero-order valence-electron chi connectivity index (χ0n) is 9.95. The highest BCUT2D eigenvalue weighted by Crippen LogP contribution is 2.03. The van der Waals surface area contributed by atoms with Gasteiger partial charge in [0.1, 0.15) is 5.65 Å². The highest BCUT2D eigenvalue weighted by molar-refractivity contribution is 5.97. The van der Waals surface area contributed by atoms with E-state index in [0.29, 0.717) is 5.84 Å². The van der Waals surface area contributed by atoms with E-state index in [9.17, 15) is 4.79 Å². The maximum atomic E-state index is 9.37. The lowest BCUT2D eigenvalue weighted by Crippen LogP contribution is -2.15. The molecule has 0 fully saturated rings. The Morgan fingerprint density at radius 2 is 2.22 bits per heavy atom. The summed E-state index contributed by atoms with van der Waals surface area (Å²) in [6.45, 7) is 1.60. The van der Waals surface area contributed by atoms with Crippen molar-refractivity contribution in [3.05, 3.63) is 36.3 Å². The normalized spacial score (nSPS) is 10.8. The topological polar surface area (TPSA) is 119 Å². The molecule has 7 heteroatoms. The number of carbonyl (C=O) groups is 1. The van der Waals surface area contributed by atoms with Crippen molar-refractivity contribution >= 4 is 17.5 Å². The van der Waals surface area contributed by atoms with E-state index in [1.165, 1.54) is 0 Å². The van der Waals surface area contributed by atoms with Gasteiger partial charge in [0, 0.05) is 30.6 Å². The van der Waals surface area contributed by atoms with E-state index in [2.05, 4.69) is 10.1 Å². The number of hydrazone groups is 1.